The zero-order valence-electron chi connectivity index (χ0n) is 10.4. The lowest BCUT2D eigenvalue weighted by Crippen LogP contribution is -2.29. The molecule has 0 amide bonds. The molecule has 1 aromatic rings. The van der Waals surface area contributed by atoms with Gasteiger partial charge in [-0.1, -0.05) is 24.6 Å². The Morgan fingerprint density at radius 2 is 2.06 bits per heavy atom. The van der Waals surface area contributed by atoms with Crippen molar-refractivity contribution in [1.29, 1.82) is 0 Å². The molecule has 102 valence electrons. The SMILES string of the molecule is CC(O)CC(C)CNS(=O)(=O)c1cccc(Cl)c1. The van der Waals surface area contributed by atoms with E-state index < -0.39 is 16.1 Å². The summed E-state index contributed by atoms with van der Waals surface area (Å²) in [6, 6.07) is 6.11. The van der Waals surface area contributed by atoms with E-state index in [4.69, 9.17) is 11.6 Å². The number of hydrogen-bond acceptors (Lipinski definition) is 3. The molecule has 0 heterocycles. The molecule has 2 N–H and O–H groups in total. The number of halogens is 1. The van der Waals surface area contributed by atoms with E-state index in [0.29, 0.717) is 18.0 Å². The highest BCUT2D eigenvalue weighted by molar-refractivity contribution is 7.89. The Labute approximate surface area is 113 Å². The van der Waals surface area contributed by atoms with E-state index in [1.807, 2.05) is 6.92 Å². The minimum Gasteiger partial charge on any atom is -0.393 e. The molecule has 0 saturated carbocycles. The third-order valence-electron chi connectivity index (χ3n) is 2.47. The van der Waals surface area contributed by atoms with Gasteiger partial charge in [0.1, 0.15) is 0 Å². The average Bonchev–Trinajstić information content (AvgIpc) is 2.26. The highest BCUT2D eigenvalue weighted by Gasteiger charge is 2.16. The van der Waals surface area contributed by atoms with Crippen LogP contribution in [0.25, 0.3) is 0 Å². The van der Waals surface area contributed by atoms with Crippen molar-refractivity contribution < 1.29 is 13.5 Å². The highest BCUT2D eigenvalue weighted by Crippen LogP contribution is 2.15. The molecule has 4 nitrogen and oxygen atoms in total. The monoisotopic (exact) mass is 291 g/mol. The van der Waals surface area contributed by atoms with E-state index in [0.717, 1.165) is 0 Å². The maximum Gasteiger partial charge on any atom is 0.240 e. The van der Waals surface area contributed by atoms with E-state index in [9.17, 15) is 13.5 Å². The fraction of sp³-hybridized carbons (Fsp3) is 0.500. The van der Waals surface area contributed by atoms with Gasteiger partial charge < -0.3 is 5.11 Å². The molecule has 0 saturated heterocycles. The van der Waals surface area contributed by atoms with Crippen LogP contribution in [0, 0.1) is 5.92 Å². The summed E-state index contributed by atoms with van der Waals surface area (Å²) in [4.78, 5) is 0.152. The van der Waals surface area contributed by atoms with Crippen LogP contribution in [0.1, 0.15) is 20.3 Å². The maximum absolute atomic E-state index is 11.9. The van der Waals surface area contributed by atoms with Crippen LogP contribution in [0.2, 0.25) is 5.02 Å². The van der Waals surface area contributed by atoms with Crippen LogP contribution >= 0.6 is 11.6 Å². The molecule has 0 bridgehead atoms. The smallest absolute Gasteiger partial charge is 0.240 e. The molecule has 0 aromatic heterocycles. The van der Waals surface area contributed by atoms with Crippen LogP contribution in [0.3, 0.4) is 0 Å². The molecule has 2 unspecified atom stereocenters. The number of aliphatic hydroxyl groups excluding tert-OH is 1. The summed E-state index contributed by atoms with van der Waals surface area (Å²) in [6.07, 6.45) is 0.119. The van der Waals surface area contributed by atoms with Gasteiger partial charge in [0, 0.05) is 11.6 Å². The Balaban J connectivity index is 2.66. The molecule has 1 aromatic carbocycles. The summed E-state index contributed by atoms with van der Waals surface area (Å²) in [7, 11) is -3.53. The van der Waals surface area contributed by atoms with Gasteiger partial charge in [0.05, 0.1) is 11.0 Å². The molecule has 1 rings (SSSR count). The topological polar surface area (TPSA) is 66.4 Å². The second-order valence-corrected chi connectivity index (χ2v) is 6.70. The van der Waals surface area contributed by atoms with E-state index in [1.165, 1.54) is 12.1 Å². The molecule has 0 fully saturated rings. The van der Waals surface area contributed by atoms with Gasteiger partial charge in [-0.25, -0.2) is 13.1 Å². The number of nitrogens with one attached hydrogen (secondary N) is 1. The Hall–Kier alpha value is -0.620. The first-order valence-electron chi connectivity index (χ1n) is 5.74. The van der Waals surface area contributed by atoms with Crippen molar-refractivity contribution in [3.8, 4) is 0 Å². The highest BCUT2D eigenvalue weighted by atomic mass is 35.5. The predicted molar refractivity (Wildman–Crippen MR) is 72.1 cm³/mol. The minimum absolute atomic E-state index is 0.0685. The molecular weight excluding hydrogens is 274 g/mol. The number of sulfonamides is 1. The third-order valence-corrected chi connectivity index (χ3v) is 4.13. The van der Waals surface area contributed by atoms with Crippen LogP contribution in [-0.2, 0) is 10.0 Å². The first-order valence-corrected chi connectivity index (χ1v) is 7.60. The molecule has 0 aliphatic rings. The van der Waals surface area contributed by atoms with Crippen molar-refractivity contribution >= 4 is 21.6 Å². The van der Waals surface area contributed by atoms with Gasteiger partial charge >= 0.3 is 0 Å². The lowest BCUT2D eigenvalue weighted by atomic mass is 10.1. The molecule has 0 aliphatic heterocycles. The molecule has 0 radical (unpaired) electrons. The van der Waals surface area contributed by atoms with Crippen LogP contribution in [-0.4, -0.2) is 26.2 Å². The molecule has 0 spiro atoms. The first-order chi connectivity index (χ1) is 8.31. The fourth-order valence-electron chi connectivity index (χ4n) is 1.64. The normalized spacial score (nSPS) is 15.3. The van der Waals surface area contributed by atoms with Gasteiger partial charge in [-0.3, -0.25) is 0 Å². The standard InChI is InChI=1S/C12H18ClNO3S/c1-9(6-10(2)15)8-14-18(16,17)12-5-3-4-11(13)7-12/h3-5,7,9-10,14-15H,6,8H2,1-2H3. The first kappa shape index (κ1) is 15.4. The largest absolute Gasteiger partial charge is 0.393 e. The number of aliphatic hydroxyl groups is 1. The second-order valence-electron chi connectivity index (χ2n) is 4.50. The Kier molecular flexibility index (Phi) is 5.59. The number of benzene rings is 1. The van der Waals surface area contributed by atoms with Crippen LogP contribution < -0.4 is 4.72 Å². The second kappa shape index (κ2) is 6.52. The van der Waals surface area contributed by atoms with Crippen molar-refractivity contribution in [3.05, 3.63) is 29.3 Å². The summed E-state index contributed by atoms with van der Waals surface area (Å²) in [5.74, 6) is 0.0685. The summed E-state index contributed by atoms with van der Waals surface area (Å²) in [6.45, 7) is 3.86. The molecule has 6 heteroatoms. The van der Waals surface area contributed by atoms with Gasteiger partial charge in [-0.2, -0.15) is 0 Å². The maximum atomic E-state index is 11.9. The lowest BCUT2D eigenvalue weighted by Gasteiger charge is -2.14. The predicted octanol–water partition coefficient (Wildman–Crippen LogP) is 2.03. The van der Waals surface area contributed by atoms with Crippen molar-refractivity contribution in [1.82, 2.24) is 4.72 Å². The average molecular weight is 292 g/mol. The van der Waals surface area contributed by atoms with Crippen molar-refractivity contribution in [3.63, 3.8) is 0 Å². The molecule has 18 heavy (non-hydrogen) atoms. The minimum atomic E-state index is -3.53. The van der Waals surface area contributed by atoms with Gasteiger partial charge in [0.15, 0.2) is 0 Å². The fourth-order valence-corrected chi connectivity index (χ4v) is 3.10. The zero-order chi connectivity index (χ0) is 13.8. The zero-order valence-corrected chi connectivity index (χ0v) is 12.0. The van der Waals surface area contributed by atoms with E-state index >= 15 is 0 Å². The van der Waals surface area contributed by atoms with Crippen LogP contribution in [0.5, 0.6) is 0 Å². The van der Waals surface area contributed by atoms with E-state index in [1.54, 1.807) is 19.1 Å². The van der Waals surface area contributed by atoms with Gasteiger partial charge in [0.25, 0.3) is 0 Å². The summed E-state index contributed by atoms with van der Waals surface area (Å²) >= 11 is 5.76. The number of hydrogen-bond donors (Lipinski definition) is 2. The van der Waals surface area contributed by atoms with Gasteiger partial charge in [-0.05, 0) is 37.5 Å². The van der Waals surface area contributed by atoms with Crippen molar-refractivity contribution in [2.24, 2.45) is 5.92 Å². The van der Waals surface area contributed by atoms with Gasteiger partial charge in [0.2, 0.25) is 10.0 Å². The summed E-state index contributed by atoms with van der Waals surface area (Å²) in [5, 5.41) is 9.60. The summed E-state index contributed by atoms with van der Waals surface area (Å²) in [5.41, 5.74) is 0. The molecular formula is C12H18ClNO3S. The van der Waals surface area contributed by atoms with Crippen molar-refractivity contribution in [2.45, 2.75) is 31.3 Å². The van der Waals surface area contributed by atoms with E-state index in [-0.39, 0.29) is 10.8 Å². The van der Waals surface area contributed by atoms with Crippen LogP contribution in [0.4, 0.5) is 0 Å². The molecule has 0 aliphatic carbocycles. The summed E-state index contributed by atoms with van der Waals surface area (Å²) < 4.78 is 26.4. The van der Waals surface area contributed by atoms with Crippen LogP contribution in [0.15, 0.2) is 29.2 Å². The quantitative estimate of drug-likeness (QED) is 0.843. The van der Waals surface area contributed by atoms with E-state index in [2.05, 4.69) is 4.72 Å². The van der Waals surface area contributed by atoms with Crippen molar-refractivity contribution in [2.75, 3.05) is 6.54 Å². The Morgan fingerprint density at radius 3 is 2.61 bits per heavy atom. The Morgan fingerprint density at radius 1 is 1.39 bits per heavy atom. The Bertz CT molecular complexity index is 488. The van der Waals surface area contributed by atoms with Gasteiger partial charge in [-0.15, -0.1) is 0 Å². The third kappa shape index (κ3) is 4.94. The molecule has 2 atom stereocenters. The number of rotatable bonds is 6. The lowest BCUT2D eigenvalue weighted by molar-refractivity contribution is 0.165.